The van der Waals surface area contributed by atoms with Crippen LogP contribution in [0.15, 0.2) is 35.5 Å². The fourth-order valence-corrected chi connectivity index (χ4v) is 2.59. The molecule has 8 nitrogen and oxygen atoms in total. The second kappa shape index (κ2) is 6.55. The lowest BCUT2D eigenvalue weighted by Gasteiger charge is -2.12. The molecule has 0 bridgehead atoms. The molecule has 0 saturated heterocycles. The number of rotatable bonds is 6. The van der Waals surface area contributed by atoms with Crippen molar-refractivity contribution in [2.45, 2.75) is 11.4 Å². The van der Waals surface area contributed by atoms with Crippen molar-refractivity contribution < 1.29 is 13.2 Å². The van der Waals surface area contributed by atoms with E-state index in [4.69, 9.17) is 10.00 Å². The number of nitrogens with zero attached hydrogens (tertiary/aromatic N) is 5. The van der Waals surface area contributed by atoms with Crippen LogP contribution in [-0.2, 0) is 16.6 Å². The number of ether oxygens (including phenoxy) is 1. The third kappa shape index (κ3) is 3.41. The molecule has 1 aromatic carbocycles. The Hall–Kier alpha value is -2.44. The Bertz CT molecular complexity index is 775. The normalized spacial score (nSPS) is 11.4. The van der Waals surface area contributed by atoms with Crippen LogP contribution in [0.3, 0.4) is 0 Å². The van der Waals surface area contributed by atoms with Gasteiger partial charge < -0.3 is 9.30 Å². The average molecular weight is 321 g/mol. The van der Waals surface area contributed by atoms with Gasteiger partial charge in [0.25, 0.3) is 0 Å². The van der Waals surface area contributed by atoms with E-state index in [0.29, 0.717) is 18.9 Å². The molecule has 1 aromatic heterocycles. The van der Waals surface area contributed by atoms with Crippen LogP contribution < -0.4 is 4.74 Å². The lowest BCUT2D eigenvalue weighted by atomic mass is 10.3. The minimum absolute atomic E-state index is 0.204. The van der Waals surface area contributed by atoms with Gasteiger partial charge in [0.05, 0.1) is 11.4 Å². The van der Waals surface area contributed by atoms with Crippen LogP contribution in [0.1, 0.15) is 5.82 Å². The smallest absolute Gasteiger partial charge is 0.242 e. The Morgan fingerprint density at radius 3 is 2.59 bits per heavy atom. The molecular formula is C13H15N5O3S. The van der Waals surface area contributed by atoms with Crippen LogP contribution in [-0.4, -0.2) is 48.2 Å². The third-order valence-electron chi connectivity index (χ3n) is 2.92. The molecule has 0 spiro atoms. The summed E-state index contributed by atoms with van der Waals surface area (Å²) >= 11 is 0. The monoisotopic (exact) mass is 321 g/mol. The van der Waals surface area contributed by atoms with Crippen molar-refractivity contribution in [3.05, 3.63) is 36.4 Å². The van der Waals surface area contributed by atoms with E-state index in [2.05, 4.69) is 10.2 Å². The highest BCUT2D eigenvalue weighted by molar-refractivity contribution is 7.89. The Balaban J connectivity index is 1.97. The number of sulfonamides is 1. The van der Waals surface area contributed by atoms with Crippen LogP contribution in [0, 0.1) is 11.3 Å². The van der Waals surface area contributed by atoms with Crippen molar-refractivity contribution in [2.24, 2.45) is 0 Å². The number of benzene rings is 1. The largest absolute Gasteiger partial charge is 0.492 e. The molecule has 0 radical (unpaired) electrons. The van der Waals surface area contributed by atoms with E-state index in [1.54, 1.807) is 16.7 Å². The predicted molar refractivity (Wildman–Crippen MR) is 77.5 cm³/mol. The van der Waals surface area contributed by atoms with Crippen molar-refractivity contribution >= 4 is 10.0 Å². The van der Waals surface area contributed by atoms with Crippen molar-refractivity contribution in [1.29, 1.82) is 5.26 Å². The molecule has 9 heteroatoms. The first-order valence-electron chi connectivity index (χ1n) is 6.38. The van der Waals surface area contributed by atoms with Gasteiger partial charge >= 0.3 is 0 Å². The van der Waals surface area contributed by atoms with Crippen LogP contribution >= 0.6 is 0 Å². The summed E-state index contributed by atoms with van der Waals surface area (Å²) in [6.07, 6.45) is 1.45. The van der Waals surface area contributed by atoms with Crippen LogP contribution in [0.4, 0.5) is 0 Å². The maximum absolute atomic E-state index is 11.9. The van der Waals surface area contributed by atoms with E-state index in [-0.39, 0.29) is 10.7 Å². The van der Waals surface area contributed by atoms with Gasteiger partial charge in [-0.25, -0.2) is 12.7 Å². The first-order valence-corrected chi connectivity index (χ1v) is 7.82. The van der Waals surface area contributed by atoms with Crippen molar-refractivity contribution in [3.8, 4) is 11.8 Å². The third-order valence-corrected chi connectivity index (χ3v) is 4.75. The Labute approximate surface area is 128 Å². The summed E-state index contributed by atoms with van der Waals surface area (Å²) in [6, 6.07) is 8.08. The van der Waals surface area contributed by atoms with Gasteiger partial charge in [-0.1, -0.05) is 0 Å². The van der Waals surface area contributed by atoms with Gasteiger partial charge in [-0.05, 0) is 24.3 Å². The minimum Gasteiger partial charge on any atom is -0.492 e. The molecule has 0 unspecified atom stereocenters. The Morgan fingerprint density at radius 2 is 2.00 bits per heavy atom. The molecule has 2 aromatic rings. The molecule has 0 amide bonds. The highest BCUT2D eigenvalue weighted by atomic mass is 32.2. The van der Waals surface area contributed by atoms with E-state index >= 15 is 0 Å². The molecule has 0 saturated carbocycles. The van der Waals surface area contributed by atoms with Gasteiger partial charge in [0.2, 0.25) is 15.8 Å². The van der Waals surface area contributed by atoms with E-state index in [9.17, 15) is 8.42 Å². The minimum atomic E-state index is -3.44. The number of hydrogen-bond acceptors (Lipinski definition) is 6. The molecule has 116 valence electrons. The predicted octanol–water partition coefficient (Wildman–Crippen LogP) is 0.479. The molecule has 0 aliphatic heterocycles. The van der Waals surface area contributed by atoms with Gasteiger partial charge in [0, 0.05) is 14.1 Å². The van der Waals surface area contributed by atoms with Gasteiger partial charge in [-0.2, -0.15) is 5.26 Å². The fraction of sp³-hybridized carbons (Fsp3) is 0.308. The number of hydrogen-bond donors (Lipinski definition) is 0. The molecule has 0 N–H and O–H groups in total. The zero-order chi connectivity index (χ0) is 16.2. The summed E-state index contributed by atoms with van der Waals surface area (Å²) in [4.78, 5) is 0.204. The van der Waals surface area contributed by atoms with Crippen molar-refractivity contribution in [1.82, 2.24) is 19.1 Å². The SMILES string of the molecule is CN(C)S(=O)(=O)c1ccc(OCCn2cnnc2C#N)cc1. The van der Waals surface area contributed by atoms with Gasteiger partial charge in [0.15, 0.2) is 0 Å². The fourth-order valence-electron chi connectivity index (χ4n) is 1.69. The van der Waals surface area contributed by atoms with Gasteiger partial charge in [0.1, 0.15) is 24.8 Å². The quantitative estimate of drug-likeness (QED) is 0.767. The summed E-state index contributed by atoms with van der Waals surface area (Å²) in [5.74, 6) is 0.764. The highest BCUT2D eigenvalue weighted by Crippen LogP contribution is 2.18. The summed E-state index contributed by atoms with van der Waals surface area (Å²) in [5, 5.41) is 16.1. The first-order chi connectivity index (χ1) is 10.4. The van der Waals surface area contributed by atoms with Crippen molar-refractivity contribution in [2.75, 3.05) is 20.7 Å². The number of nitriles is 1. The summed E-state index contributed by atoms with van der Waals surface area (Å²) in [6.45, 7) is 0.736. The molecule has 0 atom stereocenters. The molecular weight excluding hydrogens is 306 g/mol. The molecule has 2 rings (SSSR count). The topological polar surface area (TPSA) is 101 Å². The zero-order valence-electron chi connectivity index (χ0n) is 12.2. The average Bonchev–Trinajstić information content (AvgIpc) is 2.95. The molecule has 0 fully saturated rings. The maximum Gasteiger partial charge on any atom is 0.242 e. The van der Waals surface area contributed by atoms with Crippen LogP contribution in [0.2, 0.25) is 0 Å². The number of aromatic nitrogens is 3. The summed E-state index contributed by atoms with van der Waals surface area (Å²) in [7, 11) is -0.482. The van der Waals surface area contributed by atoms with Gasteiger partial charge in [-0.3, -0.25) is 0 Å². The van der Waals surface area contributed by atoms with E-state index in [1.807, 2.05) is 6.07 Å². The molecule has 0 aliphatic carbocycles. The van der Waals surface area contributed by atoms with E-state index < -0.39 is 10.0 Å². The first kappa shape index (κ1) is 15.9. The maximum atomic E-state index is 11.9. The summed E-state index contributed by atoms with van der Waals surface area (Å²) < 4.78 is 32.1. The molecule has 1 heterocycles. The Morgan fingerprint density at radius 1 is 1.32 bits per heavy atom. The van der Waals surface area contributed by atoms with Gasteiger partial charge in [-0.15, -0.1) is 10.2 Å². The summed E-state index contributed by atoms with van der Waals surface area (Å²) in [5.41, 5.74) is 0. The molecule has 22 heavy (non-hydrogen) atoms. The van der Waals surface area contributed by atoms with Crippen LogP contribution in [0.25, 0.3) is 0 Å². The van der Waals surface area contributed by atoms with E-state index in [0.717, 1.165) is 4.31 Å². The lowest BCUT2D eigenvalue weighted by molar-refractivity contribution is 0.297. The molecule has 0 aliphatic rings. The highest BCUT2D eigenvalue weighted by Gasteiger charge is 2.16. The second-order valence-electron chi connectivity index (χ2n) is 4.57. The van der Waals surface area contributed by atoms with E-state index in [1.165, 1.54) is 32.6 Å². The zero-order valence-corrected chi connectivity index (χ0v) is 13.0. The van der Waals surface area contributed by atoms with Crippen LogP contribution in [0.5, 0.6) is 5.75 Å². The second-order valence-corrected chi connectivity index (χ2v) is 6.72. The Kier molecular flexibility index (Phi) is 4.75. The van der Waals surface area contributed by atoms with Crippen molar-refractivity contribution in [3.63, 3.8) is 0 Å². The standard InChI is InChI=1S/C13H15N5O3S/c1-17(2)22(19,20)12-5-3-11(4-6-12)21-8-7-18-10-15-16-13(18)9-14/h3-6,10H,7-8H2,1-2H3. The lowest BCUT2D eigenvalue weighted by Crippen LogP contribution is -2.22.